The number of halogens is 2. The van der Waals surface area contributed by atoms with Crippen molar-refractivity contribution in [2.75, 3.05) is 13.2 Å². The molecule has 1 aromatic heterocycles. The van der Waals surface area contributed by atoms with E-state index in [0.29, 0.717) is 35.4 Å². The largest absolute Gasteiger partial charge is 0.486 e. The number of ether oxygens (including phenoxy) is 2. The third kappa shape index (κ3) is 4.07. The Morgan fingerprint density at radius 2 is 1.90 bits per heavy atom. The lowest BCUT2D eigenvalue weighted by molar-refractivity contribution is 0.0944. The summed E-state index contributed by atoms with van der Waals surface area (Å²) in [5.41, 5.74) is 0.675. The average Bonchev–Trinajstić information content (AvgIpc) is 2.73. The van der Waals surface area contributed by atoms with Gasteiger partial charge in [-0.15, -0.1) is 0 Å². The monoisotopic (exact) mass is 415 g/mol. The summed E-state index contributed by atoms with van der Waals surface area (Å²) in [7, 11) is 0. The van der Waals surface area contributed by atoms with Crippen molar-refractivity contribution >= 4 is 17.5 Å². The Bertz CT molecular complexity index is 1130. The molecular weight excluding hydrogens is 401 g/mol. The second kappa shape index (κ2) is 7.92. The van der Waals surface area contributed by atoms with Crippen LogP contribution in [-0.4, -0.2) is 28.9 Å². The van der Waals surface area contributed by atoms with Gasteiger partial charge >= 0.3 is 0 Å². The summed E-state index contributed by atoms with van der Waals surface area (Å²) in [6.07, 6.45) is 0. The van der Waals surface area contributed by atoms with Crippen molar-refractivity contribution in [1.82, 2.24) is 15.1 Å². The Morgan fingerprint density at radius 3 is 2.69 bits per heavy atom. The number of carbonyl (C=O) groups is 1. The van der Waals surface area contributed by atoms with Crippen molar-refractivity contribution in [3.05, 3.63) is 81.0 Å². The first-order valence-corrected chi connectivity index (χ1v) is 9.11. The molecule has 4 rings (SSSR count). The van der Waals surface area contributed by atoms with Crippen LogP contribution in [0.25, 0.3) is 5.69 Å². The van der Waals surface area contributed by atoms with Gasteiger partial charge in [0.15, 0.2) is 11.5 Å². The van der Waals surface area contributed by atoms with E-state index in [1.165, 1.54) is 36.4 Å². The number of fused-ring (bicyclic) bond motifs is 1. The van der Waals surface area contributed by atoms with Crippen molar-refractivity contribution < 1.29 is 18.7 Å². The van der Waals surface area contributed by atoms with Gasteiger partial charge in [0.1, 0.15) is 24.7 Å². The quantitative estimate of drug-likeness (QED) is 0.708. The van der Waals surface area contributed by atoms with Crippen molar-refractivity contribution in [1.29, 1.82) is 0 Å². The minimum Gasteiger partial charge on any atom is -0.486 e. The van der Waals surface area contributed by atoms with E-state index < -0.39 is 17.3 Å². The zero-order valence-electron chi connectivity index (χ0n) is 15.0. The van der Waals surface area contributed by atoms with Gasteiger partial charge in [-0.25, -0.2) is 4.39 Å². The minimum absolute atomic E-state index is 0.0394. The molecule has 0 fully saturated rings. The van der Waals surface area contributed by atoms with E-state index in [0.717, 1.165) is 10.2 Å². The van der Waals surface area contributed by atoms with Crippen LogP contribution >= 0.6 is 11.6 Å². The summed E-state index contributed by atoms with van der Waals surface area (Å²) < 4.78 is 25.1. The van der Waals surface area contributed by atoms with Crippen LogP contribution in [0.2, 0.25) is 5.02 Å². The smallest absolute Gasteiger partial charge is 0.272 e. The highest BCUT2D eigenvalue weighted by Gasteiger charge is 2.17. The van der Waals surface area contributed by atoms with Crippen molar-refractivity contribution in [2.24, 2.45) is 0 Å². The first-order valence-electron chi connectivity index (χ1n) is 8.74. The van der Waals surface area contributed by atoms with Gasteiger partial charge in [-0.1, -0.05) is 11.6 Å². The Labute approximate surface area is 169 Å². The fourth-order valence-electron chi connectivity index (χ4n) is 2.84. The Kier molecular flexibility index (Phi) is 5.18. The number of rotatable bonds is 4. The van der Waals surface area contributed by atoms with Crippen LogP contribution in [0, 0.1) is 5.82 Å². The molecule has 9 heteroatoms. The predicted octanol–water partition coefficient (Wildman–Crippen LogP) is 2.73. The van der Waals surface area contributed by atoms with Gasteiger partial charge in [0.05, 0.1) is 10.7 Å². The Balaban J connectivity index is 1.52. The minimum atomic E-state index is -0.480. The summed E-state index contributed by atoms with van der Waals surface area (Å²) in [6, 6.07) is 11.2. The molecule has 1 amide bonds. The first kappa shape index (κ1) is 18.9. The van der Waals surface area contributed by atoms with Crippen molar-refractivity contribution in [3.8, 4) is 17.2 Å². The van der Waals surface area contributed by atoms with Crippen LogP contribution in [0.4, 0.5) is 4.39 Å². The third-order valence-electron chi connectivity index (χ3n) is 4.21. The van der Waals surface area contributed by atoms with E-state index >= 15 is 0 Å². The number of benzene rings is 2. The molecule has 2 heterocycles. The SMILES string of the molecule is O=C(NCc1cc(Cl)c2c(c1)OCCO2)c1ccc(=O)n(-c2ccc(F)cc2)n1. The molecule has 3 aromatic rings. The second-order valence-corrected chi connectivity index (χ2v) is 6.64. The molecule has 0 atom stereocenters. The highest BCUT2D eigenvalue weighted by atomic mass is 35.5. The van der Waals surface area contributed by atoms with Crippen LogP contribution in [-0.2, 0) is 6.54 Å². The molecule has 0 saturated carbocycles. The fourth-order valence-corrected chi connectivity index (χ4v) is 3.13. The lowest BCUT2D eigenvalue weighted by Crippen LogP contribution is -2.28. The normalized spacial score (nSPS) is 12.5. The lowest BCUT2D eigenvalue weighted by atomic mass is 10.2. The molecule has 0 radical (unpaired) electrons. The van der Waals surface area contributed by atoms with Gasteiger partial charge in [0.2, 0.25) is 0 Å². The number of hydrogen-bond acceptors (Lipinski definition) is 5. The number of amides is 1. The van der Waals surface area contributed by atoms with E-state index in [9.17, 15) is 14.0 Å². The molecule has 2 aromatic carbocycles. The molecule has 0 aliphatic carbocycles. The van der Waals surface area contributed by atoms with E-state index in [-0.39, 0.29) is 12.2 Å². The van der Waals surface area contributed by atoms with E-state index in [1.54, 1.807) is 12.1 Å². The maximum absolute atomic E-state index is 13.1. The zero-order valence-corrected chi connectivity index (χ0v) is 15.8. The zero-order chi connectivity index (χ0) is 20.4. The number of aromatic nitrogens is 2. The van der Waals surface area contributed by atoms with Crippen LogP contribution in [0.3, 0.4) is 0 Å². The van der Waals surface area contributed by atoms with Gasteiger partial charge in [0, 0.05) is 12.6 Å². The van der Waals surface area contributed by atoms with Crippen LogP contribution in [0.15, 0.2) is 53.3 Å². The van der Waals surface area contributed by atoms with Crippen molar-refractivity contribution in [3.63, 3.8) is 0 Å². The molecule has 1 aliphatic heterocycles. The standard InChI is InChI=1S/C20H15ClFN3O4/c21-15-9-12(10-17-19(15)29-8-7-28-17)11-23-20(27)16-5-6-18(26)25(24-16)14-3-1-13(22)2-4-14/h1-6,9-10H,7-8,11H2,(H,23,27). The molecule has 29 heavy (non-hydrogen) atoms. The van der Waals surface area contributed by atoms with E-state index in [1.807, 2.05) is 0 Å². The summed E-state index contributed by atoms with van der Waals surface area (Å²) in [4.78, 5) is 24.6. The first-order chi connectivity index (χ1) is 14.0. The molecule has 0 unspecified atom stereocenters. The highest BCUT2D eigenvalue weighted by molar-refractivity contribution is 6.32. The number of carbonyl (C=O) groups excluding carboxylic acids is 1. The van der Waals surface area contributed by atoms with Crippen LogP contribution in [0.5, 0.6) is 11.5 Å². The lowest BCUT2D eigenvalue weighted by Gasteiger charge is -2.20. The van der Waals surface area contributed by atoms with Gasteiger partial charge in [0.25, 0.3) is 11.5 Å². The third-order valence-corrected chi connectivity index (χ3v) is 4.49. The predicted molar refractivity (Wildman–Crippen MR) is 103 cm³/mol. The molecule has 0 saturated heterocycles. The molecule has 1 aliphatic rings. The van der Waals surface area contributed by atoms with Crippen LogP contribution in [0.1, 0.15) is 16.1 Å². The summed E-state index contributed by atoms with van der Waals surface area (Å²) in [5, 5.41) is 7.19. The number of nitrogens with zero attached hydrogens (tertiary/aromatic N) is 2. The van der Waals surface area contributed by atoms with E-state index in [4.69, 9.17) is 21.1 Å². The van der Waals surface area contributed by atoms with Crippen LogP contribution < -0.4 is 20.3 Å². The molecule has 148 valence electrons. The van der Waals surface area contributed by atoms with Crippen molar-refractivity contribution in [2.45, 2.75) is 6.54 Å². The Morgan fingerprint density at radius 1 is 1.14 bits per heavy atom. The van der Waals surface area contributed by atoms with Gasteiger partial charge in [-0.05, 0) is 48.0 Å². The molecule has 0 bridgehead atoms. The molecule has 0 spiro atoms. The topological polar surface area (TPSA) is 82.5 Å². The molecular formula is C20H15ClFN3O4. The van der Waals surface area contributed by atoms with Gasteiger partial charge in [-0.2, -0.15) is 9.78 Å². The van der Waals surface area contributed by atoms with Gasteiger partial charge in [-0.3, -0.25) is 9.59 Å². The van der Waals surface area contributed by atoms with E-state index in [2.05, 4.69) is 10.4 Å². The Hall–Kier alpha value is -3.39. The number of hydrogen-bond donors (Lipinski definition) is 1. The summed E-state index contributed by atoms with van der Waals surface area (Å²) in [6.45, 7) is 1.03. The summed E-state index contributed by atoms with van der Waals surface area (Å²) in [5.74, 6) is 0.0951. The highest BCUT2D eigenvalue weighted by Crippen LogP contribution is 2.38. The number of nitrogens with one attached hydrogen (secondary N) is 1. The van der Waals surface area contributed by atoms with Gasteiger partial charge < -0.3 is 14.8 Å². The maximum Gasteiger partial charge on any atom is 0.272 e. The molecule has 1 N–H and O–H groups in total. The molecule has 7 nitrogen and oxygen atoms in total. The maximum atomic E-state index is 13.1. The average molecular weight is 416 g/mol. The second-order valence-electron chi connectivity index (χ2n) is 6.23. The summed E-state index contributed by atoms with van der Waals surface area (Å²) >= 11 is 6.20. The fraction of sp³-hybridized carbons (Fsp3) is 0.150.